The number of benzene rings is 2. The van der Waals surface area contributed by atoms with Gasteiger partial charge in [0.1, 0.15) is 11.6 Å². The molecular formula is C18H13F4NO3. The van der Waals surface area contributed by atoms with Crippen molar-refractivity contribution in [2.75, 3.05) is 0 Å². The molecule has 1 heterocycles. The SMILES string of the molecule is Cc1cc(OC(F)(F)F)cc2ccn(Cc3cccc(C(=O)O)c3F)c12. The number of carbonyl (C=O) groups is 1. The fraction of sp³-hybridized carbons (Fsp3) is 0.167. The third kappa shape index (κ3) is 3.49. The highest BCUT2D eigenvalue weighted by Crippen LogP contribution is 2.30. The maximum absolute atomic E-state index is 14.3. The summed E-state index contributed by atoms with van der Waals surface area (Å²) in [6.45, 7) is 1.66. The number of nitrogens with zero attached hydrogens (tertiary/aromatic N) is 1. The Bertz CT molecular complexity index is 992. The molecule has 0 fully saturated rings. The van der Waals surface area contributed by atoms with Gasteiger partial charge in [-0.05, 0) is 36.8 Å². The quantitative estimate of drug-likeness (QED) is 0.678. The van der Waals surface area contributed by atoms with E-state index in [2.05, 4.69) is 4.74 Å². The van der Waals surface area contributed by atoms with Crippen LogP contribution >= 0.6 is 0 Å². The van der Waals surface area contributed by atoms with Gasteiger partial charge in [-0.15, -0.1) is 13.2 Å². The van der Waals surface area contributed by atoms with Crippen LogP contribution in [0.25, 0.3) is 10.9 Å². The summed E-state index contributed by atoms with van der Waals surface area (Å²) in [5.74, 6) is -2.54. The number of hydrogen-bond donors (Lipinski definition) is 1. The van der Waals surface area contributed by atoms with Gasteiger partial charge in [-0.25, -0.2) is 9.18 Å². The molecule has 3 rings (SSSR count). The topological polar surface area (TPSA) is 51.5 Å². The van der Waals surface area contributed by atoms with E-state index in [1.165, 1.54) is 30.3 Å². The van der Waals surface area contributed by atoms with Crippen molar-refractivity contribution in [3.05, 3.63) is 65.1 Å². The maximum Gasteiger partial charge on any atom is 0.573 e. The number of fused-ring (bicyclic) bond motifs is 1. The Hall–Kier alpha value is -3.03. The molecule has 0 saturated carbocycles. The average molecular weight is 367 g/mol. The summed E-state index contributed by atoms with van der Waals surface area (Å²) in [5, 5.41) is 9.50. The smallest absolute Gasteiger partial charge is 0.478 e. The van der Waals surface area contributed by atoms with Gasteiger partial charge >= 0.3 is 12.3 Å². The molecular weight excluding hydrogens is 354 g/mol. The highest BCUT2D eigenvalue weighted by Gasteiger charge is 2.31. The highest BCUT2D eigenvalue weighted by atomic mass is 19.4. The van der Waals surface area contributed by atoms with E-state index >= 15 is 0 Å². The fourth-order valence-corrected chi connectivity index (χ4v) is 2.91. The Morgan fingerprint density at radius 1 is 1.23 bits per heavy atom. The van der Waals surface area contributed by atoms with E-state index in [1.807, 2.05) is 0 Å². The number of hydrogen-bond acceptors (Lipinski definition) is 2. The molecule has 0 spiro atoms. The Labute approximate surface area is 145 Å². The van der Waals surface area contributed by atoms with Gasteiger partial charge < -0.3 is 14.4 Å². The standard InChI is InChI=1S/C18H13F4NO3/c1-10-7-13(26-18(20,21)22)8-11-5-6-23(16(10)11)9-12-3-2-4-14(15(12)19)17(24)25/h2-8H,9H2,1H3,(H,24,25). The number of aromatic nitrogens is 1. The fourth-order valence-electron chi connectivity index (χ4n) is 2.91. The molecule has 4 nitrogen and oxygen atoms in total. The summed E-state index contributed by atoms with van der Waals surface area (Å²) in [6, 6.07) is 8.15. The zero-order valence-corrected chi connectivity index (χ0v) is 13.5. The molecule has 0 aliphatic carbocycles. The van der Waals surface area contributed by atoms with Gasteiger partial charge in [0, 0.05) is 17.1 Å². The normalized spacial score (nSPS) is 11.7. The lowest BCUT2D eigenvalue weighted by Gasteiger charge is -2.12. The lowest BCUT2D eigenvalue weighted by atomic mass is 10.1. The summed E-state index contributed by atoms with van der Waals surface area (Å²) in [6.07, 6.45) is -3.19. The van der Waals surface area contributed by atoms with Gasteiger partial charge in [0.2, 0.25) is 0 Å². The second-order valence-electron chi connectivity index (χ2n) is 5.75. The minimum atomic E-state index is -4.79. The molecule has 26 heavy (non-hydrogen) atoms. The second-order valence-corrected chi connectivity index (χ2v) is 5.75. The molecule has 0 unspecified atom stereocenters. The van der Waals surface area contributed by atoms with Crippen molar-refractivity contribution in [3.63, 3.8) is 0 Å². The molecule has 8 heteroatoms. The summed E-state index contributed by atoms with van der Waals surface area (Å²) in [5.41, 5.74) is 0.857. The maximum atomic E-state index is 14.3. The number of carboxylic acid groups (broad SMARTS) is 1. The van der Waals surface area contributed by atoms with Crippen LogP contribution in [0.4, 0.5) is 17.6 Å². The Balaban J connectivity index is 2.00. The van der Waals surface area contributed by atoms with E-state index in [0.29, 0.717) is 16.5 Å². The number of carboxylic acids is 1. The first-order valence-electron chi connectivity index (χ1n) is 7.51. The van der Waals surface area contributed by atoms with E-state index in [-0.39, 0.29) is 17.9 Å². The molecule has 0 saturated heterocycles. The van der Waals surface area contributed by atoms with Crippen LogP contribution in [0.2, 0.25) is 0 Å². The second kappa shape index (κ2) is 6.36. The molecule has 3 aromatic rings. The number of ether oxygens (including phenoxy) is 1. The number of aryl methyl sites for hydroxylation is 1. The van der Waals surface area contributed by atoms with Gasteiger partial charge in [-0.3, -0.25) is 0 Å². The van der Waals surface area contributed by atoms with Crippen LogP contribution in [-0.4, -0.2) is 22.0 Å². The molecule has 1 N–H and O–H groups in total. The number of rotatable bonds is 4. The largest absolute Gasteiger partial charge is 0.573 e. The molecule has 0 bridgehead atoms. The van der Waals surface area contributed by atoms with Crippen molar-refractivity contribution in [2.45, 2.75) is 19.8 Å². The Morgan fingerprint density at radius 2 is 1.96 bits per heavy atom. The summed E-state index contributed by atoms with van der Waals surface area (Å²) in [7, 11) is 0. The van der Waals surface area contributed by atoms with Gasteiger partial charge in [0.25, 0.3) is 0 Å². The van der Waals surface area contributed by atoms with Crippen molar-refractivity contribution in [1.82, 2.24) is 4.57 Å². The van der Waals surface area contributed by atoms with Crippen LogP contribution in [0.15, 0.2) is 42.6 Å². The molecule has 1 aromatic heterocycles. The van der Waals surface area contributed by atoms with E-state index in [4.69, 9.17) is 5.11 Å². The predicted molar refractivity (Wildman–Crippen MR) is 85.8 cm³/mol. The first-order chi connectivity index (χ1) is 12.2. The molecule has 0 aliphatic heterocycles. The summed E-state index contributed by atoms with van der Waals surface area (Å²) >= 11 is 0. The van der Waals surface area contributed by atoms with E-state index in [0.717, 1.165) is 0 Å². The van der Waals surface area contributed by atoms with Crippen molar-refractivity contribution in [3.8, 4) is 5.75 Å². The van der Waals surface area contributed by atoms with E-state index < -0.39 is 23.7 Å². The van der Waals surface area contributed by atoms with Crippen LogP contribution < -0.4 is 4.74 Å². The van der Waals surface area contributed by atoms with Crippen LogP contribution in [-0.2, 0) is 6.54 Å². The minimum absolute atomic E-state index is 0.0385. The first-order valence-corrected chi connectivity index (χ1v) is 7.51. The molecule has 0 aliphatic rings. The average Bonchev–Trinajstić information content (AvgIpc) is 2.90. The molecule has 0 atom stereocenters. The van der Waals surface area contributed by atoms with Crippen LogP contribution in [0.1, 0.15) is 21.5 Å². The third-order valence-electron chi connectivity index (χ3n) is 3.91. The summed E-state index contributed by atoms with van der Waals surface area (Å²) < 4.78 is 57.1. The van der Waals surface area contributed by atoms with E-state index in [1.54, 1.807) is 23.8 Å². The summed E-state index contributed by atoms with van der Waals surface area (Å²) in [4.78, 5) is 11.0. The lowest BCUT2D eigenvalue weighted by Crippen LogP contribution is -2.17. The van der Waals surface area contributed by atoms with Crippen LogP contribution in [0, 0.1) is 12.7 Å². The monoisotopic (exact) mass is 367 g/mol. The molecule has 2 aromatic carbocycles. The van der Waals surface area contributed by atoms with E-state index in [9.17, 15) is 22.4 Å². The zero-order valence-electron chi connectivity index (χ0n) is 13.5. The molecule has 136 valence electrons. The zero-order chi connectivity index (χ0) is 19.1. The number of aromatic carboxylic acids is 1. The van der Waals surface area contributed by atoms with Crippen molar-refractivity contribution in [2.24, 2.45) is 0 Å². The predicted octanol–water partition coefficient (Wildman–Crippen LogP) is 4.73. The van der Waals surface area contributed by atoms with Crippen LogP contribution in [0.3, 0.4) is 0 Å². The minimum Gasteiger partial charge on any atom is -0.478 e. The van der Waals surface area contributed by atoms with Gasteiger partial charge in [0.05, 0.1) is 17.6 Å². The number of halogens is 4. The Kier molecular flexibility index (Phi) is 4.35. The first kappa shape index (κ1) is 17.8. The molecule has 0 radical (unpaired) electrons. The number of alkyl halides is 3. The van der Waals surface area contributed by atoms with Crippen molar-refractivity contribution in [1.29, 1.82) is 0 Å². The van der Waals surface area contributed by atoms with Crippen LogP contribution in [0.5, 0.6) is 5.75 Å². The molecule has 0 amide bonds. The van der Waals surface area contributed by atoms with Gasteiger partial charge in [0.15, 0.2) is 0 Å². The van der Waals surface area contributed by atoms with Gasteiger partial charge in [-0.1, -0.05) is 12.1 Å². The van der Waals surface area contributed by atoms with Gasteiger partial charge in [-0.2, -0.15) is 0 Å². The Morgan fingerprint density at radius 3 is 2.62 bits per heavy atom. The third-order valence-corrected chi connectivity index (χ3v) is 3.91. The highest BCUT2D eigenvalue weighted by molar-refractivity contribution is 5.88. The lowest BCUT2D eigenvalue weighted by molar-refractivity contribution is -0.274. The van der Waals surface area contributed by atoms with Crippen molar-refractivity contribution < 1.29 is 32.2 Å². The van der Waals surface area contributed by atoms with Crippen molar-refractivity contribution >= 4 is 16.9 Å².